The summed E-state index contributed by atoms with van der Waals surface area (Å²) < 4.78 is 5.25. The summed E-state index contributed by atoms with van der Waals surface area (Å²) in [6.45, 7) is 2.15. The van der Waals surface area contributed by atoms with Crippen LogP contribution in [0.5, 0.6) is 0 Å². The number of anilines is 2. The molecule has 3 amide bonds. The number of hydrogen-bond donors (Lipinski definition) is 2. The number of carbonyl (C=O) groups is 3. The van der Waals surface area contributed by atoms with Crippen molar-refractivity contribution >= 4 is 29.1 Å². The number of benzene rings is 1. The molecule has 1 aliphatic heterocycles. The average Bonchev–Trinajstić information content (AvgIpc) is 3.18. The highest BCUT2D eigenvalue weighted by atomic mass is 16.3. The molecule has 0 bridgehead atoms. The van der Waals surface area contributed by atoms with Gasteiger partial charge in [-0.1, -0.05) is 6.07 Å². The predicted octanol–water partition coefficient (Wildman–Crippen LogP) is 2.23. The molecule has 2 heterocycles. The molecule has 0 radical (unpaired) electrons. The van der Waals surface area contributed by atoms with Crippen molar-refractivity contribution in [2.45, 2.75) is 19.9 Å². The number of amides is 3. The monoisotopic (exact) mass is 341 g/mol. The van der Waals surface area contributed by atoms with Crippen LogP contribution in [0, 0.1) is 5.92 Å². The van der Waals surface area contributed by atoms with Crippen LogP contribution >= 0.6 is 0 Å². The summed E-state index contributed by atoms with van der Waals surface area (Å²) in [7, 11) is 0. The van der Waals surface area contributed by atoms with Crippen molar-refractivity contribution in [1.29, 1.82) is 0 Å². The standard InChI is InChI=1S/C18H19N3O4/c1-12(22)19-14-4-2-5-15(9-14)20-18(24)13-8-17(23)21(10-13)11-16-6-3-7-25-16/h2-7,9,13H,8,10-11H2,1H3,(H,19,22)(H,20,24). The zero-order valence-electron chi connectivity index (χ0n) is 13.8. The fraction of sp³-hybridized carbons (Fsp3) is 0.278. The molecule has 1 unspecified atom stereocenters. The van der Waals surface area contributed by atoms with Gasteiger partial charge >= 0.3 is 0 Å². The number of likely N-dealkylation sites (tertiary alicyclic amines) is 1. The molecule has 7 nitrogen and oxygen atoms in total. The minimum atomic E-state index is -0.410. The quantitative estimate of drug-likeness (QED) is 0.872. The molecule has 7 heteroatoms. The second-order valence-electron chi connectivity index (χ2n) is 6.01. The van der Waals surface area contributed by atoms with E-state index in [9.17, 15) is 14.4 Å². The first kappa shape index (κ1) is 16.8. The highest BCUT2D eigenvalue weighted by Gasteiger charge is 2.34. The Morgan fingerprint density at radius 2 is 1.96 bits per heavy atom. The molecule has 130 valence electrons. The van der Waals surface area contributed by atoms with E-state index in [0.29, 0.717) is 30.2 Å². The van der Waals surface area contributed by atoms with Gasteiger partial charge in [-0.25, -0.2) is 0 Å². The van der Waals surface area contributed by atoms with Crippen LogP contribution in [0.3, 0.4) is 0 Å². The maximum absolute atomic E-state index is 12.4. The van der Waals surface area contributed by atoms with Crippen molar-refractivity contribution in [1.82, 2.24) is 4.90 Å². The topological polar surface area (TPSA) is 91.7 Å². The molecular formula is C18H19N3O4. The summed E-state index contributed by atoms with van der Waals surface area (Å²) >= 11 is 0. The van der Waals surface area contributed by atoms with Crippen LogP contribution in [0.2, 0.25) is 0 Å². The Labute approximate surface area is 145 Å². The zero-order valence-corrected chi connectivity index (χ0v) is 13.8. The van der Waals surface area contributed by atoms with Crippen LogP contribution in [0.4, 0.5) is 11.4 Å². The third-order valence-corrected chi connectivity index (χ3v) is 3.96. The first-order valence-corrected chi connectivity index (χ1v) is 8.00. The van der Waals surface area contributed by atoms with Gasteiger partial charge in [0.25, 0.3) is 0 Å². The van der Waals surface area contributed by atoms with E-state index < -0.39 is 5.92 Å². The molecule has 2 aromatic rings. The van der Waals surface area contributed by atoms with E-state index in [0.717, 1.165) is 0 Å². The second kappa shape index (κ2) is 7.21. The van der Waals surface area contributed by atoms with E-state index in [2.05, 4.69) is 10.6 Å². The molecule has 1 atom stereocenters. The van der Waals surface area contributed by atoms with E-state index in [1.807, 2.05) is 0 Å². The van der Waals surface area contributed by atoms with Crippen molar-refractivity contribution < 1.29 is 18.8 Å². The van der Waals surface area contributed by atoms with Crippen molar-refractivity contribution in [3.8, 4) is 0 Å². The Bertz CT molecular complexity index is 785. The van der Waals surface area contributed by atoms with Crippen molar-refractivity contribution in [3.05, 3.63) is 48.4 Å². The molecule has 1 aromatic carbocycles. The lowest BCUT2D eigenvalue weighted by Crippen LogP contribution is -2.27. The van der Waals surface area contributed by atoms with Gasteiger partial charge in [-0.05, 0) is 30.3 Å². The van der Waals surface area contributed by atoms with Crippen molar-refractivity contribution in [2.24, 2.45) is 5.92 Å². The Kier molecular flexibility index (Phi) is 4.83. The van der Waals surface area contributed by atoms with Gasteiger partial charge in [0.1, 0.15) is 5.76 Å². The molecule has 25 heavy (non-hydrogen) atoms. The summed E-state index contributed by atoms with van der Waals surface area (Å²) in [4.78, 5) is 37.3. The molecule has 1 fully saturated rings. The van der Waals surface area contributed by atoms with E-state index in [1.54, 1.807) is 47.6 Å². The summed E-state index contributed by atoms with van der Waals surface area (Å²) in [5.74, 6) is -0.179. The van der Waals surface area contributed by atoms with Crippen molar-refractivity contribution in [3.63, 3.8) is 0 Å². The summed E-state index contributed by atoms with van der Waals surface area (Å²) in [6.07, 6.45) is 1.74. The van der Waals surface area contributed by atoms with Gasteiger partial charge in [0, 0.05) is 31.3 Å². The van der Waals surface area contributed by atoms with Gasteiger partial charge in [0.05, 0.1) is 18.7 Å². The zero-order chi connectivity index (χ0) is 17.8. The fourth-order valence-corrected chi connectivity index (χ4v) is 2.81. The molecule has 2 N–H and O–H groups in total. The Morgan fingerprint density at radius 3 is 2.64 bits per heavy atom. The highest BCUT2D eigenvalue weighted by Crippen LogP contribution is 2.23. The van der Waals surface area contributed by atoms with Gasteiger partial charge < -0.3 is 20.0 Å². The summed E-state index contributed by atoms with van der Waals surface area (Å²) in [5, 5.41) is 5.47. The van der Waals surface area contributed by atoms with E-state index >= 15 is 0 Å². The average molecular weight is 341 g/mol. The number of nitrogens with zero attached hydrogens (tertiary/aromatic N) is 1. The summed E-state index contributed by atoms with van der Waals surface area (Å²) in [6, 6.07) is 10.5. The summed E-state index contributed by atoms with van der Waals surface area (Å²) in [5.41, 5.74) is 1.18. The SMILES string of the molecule is CC(=O)Nc1cccc(NC(=O)C2CC(=O)N(Cc3ccco3)C2)c1. The van der Waals surface area contributed by atoms with E-state index in [4.69, 9.17) is 4.42 Å². The highest BCUT2D eigenvalue weighted by molar-refractivity contribution is 5.98. The van der Waals surface area contributed by atoms with Crippen LogP contribution < -0.4 is 10.6 Å². The van der Waals surface area contributed by atoms with E-state index in [1.165, 1.54) is 6.92 Å². The number of carbonyl (C=O) groups excluding carboxylic acids is 3. The normalized spacial score (nSPS) is 16.8. The fourth-order valence-electron chi connectivity index (χ4n) is 2.81. The molecule has 1 aromatic heterocycles. The van der Waals surface area contributed by atoms with Crippen LogP contribution in [-0.4, -0.2) is 29.2 Å². The molecule has 0 aliphatic carbocycles. The molecule has 0 saturated carbocycles. The lowest BCUT2D eigenvalue weighted by molar-refractivity contribution is -0.128. The maximum Gasteiger partial charge on any atom is 0.229 e. The van der Waals surface area contributed by atoms with Gasteiger partial charge in [0.15, 0.2) is 0 Å². The number of furan rings is 1. The Hall–Kier alpha value is -3.09. The number of rotatable bonds is 5. The smallest absolute Gasteiger partial charge is 0.229 e. The van der Waals surface area contributed by atoms with Crippen LogP contribution in [0.15, 0.2) is 47.1 Å². The van der Waals surface area contributed by atoms with Gasteiger partial charge in [-0.2, -0.15) is 0 Å². The van der Waals surface area contributed by atoms with Gasteiger partial charge in [-0.3, -0.25) is 14.4 Å². The molecule has 1 aliphatic rings. The Morgan fingerprint density at radius 1 is 1.20 bits per heavy atom. The molecule has 1 saturated heterocycles. The van der Waals surface area contributed by atoms with Crippen molar-refractivity contribution in [2.75, 3.05) is 17.2 Å². The minimum Gasteiger partial charge on any atom is -0.467 e. The number of nitrogens with one attached hydrogen (secondary N) is 2. The minimum absolute atomic E-state index is 0.0662. The van der Waals surface area contributed by atoms with Gasteiger partial charge in [0.2, 0.25) is 17.7 Å². The van der Waals surface area contributed by atoms with Crippen LogP contribution in [0.1, 0.15) is 19.1 Å². The first-order chi connectivity index (χ1) is 12.0. The Balaban J connectivity index is 1.60. The molecule has 3 rings (SSSR count). The first-order valence-electron chi connectivity index (χ1n) is 8.00. The predicted molar refractivity (Wildman–Crippen MR) is 91.6 cm³/mol. The van der Waals surface area contributed by atoms with Gasteiger partial charge in [-0.15, -0.1) is 0 Å². The molecule has 0 spiro atoms. The van der Waals surface area contributed by atoms with Crippen LogP contribution in [0.25, 0.3) is 0 Å². The van der Waals surface area contributed by atoms with Crippen LogP contribution in [-0.2, 0) is 20.9 Å². The lowest BCUT2D eigenvalue weighted by Gasteiger charge is -2.15. The largest absolute Gasteiger partial charge is 0.467 e. The lowest BCUT2D eigenvalue weighted by atomic mass is 10.1. The maximum atomic E-state index is 12.4. The molecular weight excluding hydrogens is 322 g/mol. The third-order valence-electron chi connectivity index (χ3n) is 3.96. The third kappa shape index (κ3) is 4.26. The second-order valence-corrected chi connectivity index (χ2v) is 6.01. The number of hydrogen-bond acceptors (Lipinski definition) is 4. The van der Waals surface area contributed by atoms with E-state index in [-0.39, 0.29) is 24.1 Å².